The topological polar surface area (TPSA) is 42.0 Å². The zero-order valence-corrected chi connectivity index (χ0v) is 7.36. The average molecular weight is 225 g/mol. The van der Waals surface area contributed by atoms with Crippen LogP contribution >= 0.6 is 11.6 Å². The highest BCUT2D eigenvalue weighted by molar-refractivity contribution is 6.32. The van der Waals surface area contributed by atoms with E-state index >= 15 is 0 Å². The van der Waals surface area contributed by atoms with E-state index in [0.717, 1.165) is 0 Å². The minimum atomic E-state index is -4.93. The maximum absolute atomic E-state index is 11.8. The van der Waals surface area contributed by atoms with Crippen molar-refractivity contribution in [3.63, 3.8) is 0 Å². The zero-order valence-electron chi connectivity index (χ0n) is 6.60. The zero-order chi connectivity index (χ0) is 10.8. The highest BCUT2D eigenvalue weighted by Crippen LogP contribution is 2.21. The Balaban J connectivity index is 2.80. The van der Waals surface area contributed by atoms with Gasteiger partial charge in [0.1, 0.15) is 0 Å². The second-order valence-electron chi connectivity index (χ2n) is 2.29. The Labute approximate surface area is 81.9 Å². The fraction of sp³-hybridized carbons (Fsp3) is 0.143. The van der Waals surface area contributed by atoms with Gasteiger partial charge in [0.25, 0.3) is 0 Å². The van der Waals surface area contributed by atoms with Crippen molar-refractivity contribution in [3.05, 3.63) is 23.5 Å². The van der Waals surface area contributed by atoms with E-state index in [1.807, 2.05) is 0 Å². The molecule has 1 amide bonds. The fourth-order valence-electron chi connectivity index (χ4n) is 0.672. The van der Waals surface area contributed by atoms with Crippen LogP contribution in [0, 0.1) is 0 Å². The molecule has 1 heterocycles. The van der Waals surface area contributed by atoms with Crippen molar-refractivity contribution in [2.24, 2.45) is 0 Å². The van der Waals surface area contributed by atoms with E-state index in [4.69, 9.17) is 11.6 Å². The number of halogens is 4. The summed E-state index contributed by atoms with van der Waals surface area (Å²) in [4.78, 5) is 14.0. The van der Waals surface area contributed by atoms with Gasteiger partial charge in [-0.05, 0) is 12.1 Å². The molecular formula is C7H4ClF3N2O. The van der Waals surface area contributed by atoms with Crippen LogP contribution < -0.4 is 5.32 Å². The number of hydrogen-bond donors (Lipinski definition) is 1. The second-order valence-corrected chi connectivity index (χ2v) is 2.65. The third-order valence-electron chi connectivity index (χ3n) is 1.26. The van der Waals surface area contributed by atoms with Crippen molar-refractivity contribution in [3.8, 4) is 0 Å². The van der Waals surface area contributed by atoms with Gasteiger partial charge in [-0.15, -0.1) is 0 Å². The highest BCUT2D eigenvalue weighted by atomic mass is 35.5. The molecule has 0 aliphatic carbocycles. The molecule has 0 atom stereocenters. The molecule has 14 heavy (non-hydrogen) atoms. The van der Waals surface area contributed by atoms with Crippen LogP contribution in [0.5, 0.6) is 0 Å². The summed E-state index contributed by atoms with van der Waals surface area (Å²) in [5.41, 5.74) is -0.170. The normalized spacial score (nSPS) is 11.1. The molecule has 1 N–H and O–H groups in total. The van der Waals surface area contributed by atoms with Gasteiger partial charge in [0, 0.05) is 6.20 Å². The second kappa shape index (κ2) is 3.83. The van der Waals surface area contributed by atoms with Gasteiger partial charge < -0.3 is 5.32 Å². The van der Waals surface area contributed by atoms with E-state index in [0.29, 0.717) is 0 Å². The number of carbonyl (C=O) groups excluding carboxylic acids is 1. The molecular weight excluding hydrogens is 221 g/mol. The van der Waals surface area contributed by atoms with Gasteiger partial charge in [-0.25, -0.2) is 4.98 Å². The number of nitrogens with one attached hydrogen (secondary N) is 1. The van der Waals surface area contributed by atoms with Gasteiger partial charge in [0.2, 0.25) is 0 Å². The van der Waals surface area contributed by atoms with Crippen LogP contribution in [0.25, 0.3) is 0 Å². The first-order chi connectivity index (χ1) is 6.41. The molecule has 0 unspecified atom stereocenters. The Hall–Kier alpha value is -1.30. The predicted octanol–water partition coefficient (Wildman–Crippen LogP) is 2.24. The van der Waals surface area contributed by atoms with Gasteiger partial charge in [-0.3, -0.25) is 4.79 Å². The quantitative estimate of drug-likeness (QED) is 0.744. The largest absolute Gasteiger partial charge is 0.471 e. The molecule has 1 aromatic rings. The molecule has 0 saturated heterocycles. The van der Waals surface area contributed by atoms with Crippen LogP contribution in [0.4, 0.5) is 18.9 Å². The van der Waals surface area contributed by atoms with Gasteiger partial charge in [0.05, 0.1) is 5.69 Å². The van der Waals surface area contributed by atoms with Crippen molar-refractivity contribution in [1.82, 2.24) is 4.98 Å². The Bertz CT molecular complexity index is 353. The average Bonchev–Trinajstić information content (AvgIpc) is 2.07. The number of aromatic nitrogens is 1. The summed E-state index contributed by atoms with van der Waals surface area (Å²) < 4.78 is 35.4. The molecule has 0 bridgehead atoms. The molecule has 0 aliphatic rings. The summed E-state index contributed by atoms with van der Waals surface area (Å²) in [6.45, 7) is 0. The molecule has 0 radical (unpaired) electrons. The summed E-state index contributed by atoms with van der Waals surface area (Å²) in [7, 11) is 0. The maximum atomic E-state index is 11.8. The number of nitrogens with zero attached hydrogens (tertiary/aromatic N) is 1. The maximum Gasteiger partial charge on any atom is 0.471 e. The number of pyridine rings is 1. The standard InChI is InChI=1S/C7H4ClF3N2O/c8-5-4(2-1-3-12-5)13-6(14)7(9,10)11/h1-3H,(H,13,14). The predicted molar refractivity (Wildman–Crippen MR) is 43.9 cm³/mol. The van der Waals surface area contributed by atoms with Crippen molar-refractivity contribution in [1.29, 1.82) is 0 Å². The van der Waals surface area contributed by atoms with E-state index in [9.17, 15) is 18.0 Å². The number of anilines is 1. The molecule has 76 valence electrons. The molecule has 0 aromatic carbocycles. The summed E-state index contributed by atoms with van der Waals surface area (Å²) in [5.74, 6) is -2.08. The summed E-state index contributed by atoms with van der Waals surface area (Å²) >= 11 is 5.43. The van der Waals surface area contributed by atoms with Gasteiger partial charge >= 0.3 is 12.1 Å². The molecule has 0 saturated carbocycles. The lowest BCUT2D eigenvalue weighted by Crippen LogP contribution is -2.30. The molecule has 0 aliphatic heterocycles. The molecule has 3 nitrogen and oxygen atoms in total. The lowest BCUT2D eigenvalue weighted by atomic mass is 10.4. The van der Waals surface area contributed by atoms with Crippen molar-refractivity contribution in [2.45, 2.75) is 6.18 Å². The van der Waals surface area contributed by atoms with Crippen LogP contribution in [0.2, 0.25) is 5.15 Å². The molecule has 7 heteroatoms. The molecule has 1 rings (SSSR count). The van der Waals surface area contributed by atoms with Crippen molar-refractivity contribution in [2.75, 3.05) is 5.32 Å². The molecule has 0 spiro atoms. The van der Waals surface area contributed by atoms with Crippen LogP contribution in [-0.2, 0) is 4.79 Å². The van der Waals surface area contributed by atoms with Crippen LogP contribution in [-0.4, -0.2) is 17.1 Å². The minimum absolute atomic E-state index is 0.170. The van der Waals surface area contributed by atoms with Crippen LogP contribution in [0.1, 0.15) is 0 Å². The Kier molecular flexibility index (Phi) is 2.95. The first kappa shape index (κ1) is 10.8. The number of alkyl halides is 3. The Morgan fingerprint density at radius 3 is 2.64 bits per heavy atom. The van der Waals surface area contributed by atoms with Crippen molar-refractivity contribution >= 4 is 23.2 Å². The van der Waals surface area contributed by atoms with Crippen LogP contribution in [0.15, 0.2) is 18.3 Å². The van der Waals surface area contributed by atoms with E-state index < -0.39 is 12.1 Å². The number of amides is 1. The van der Waals surface area contributed by atoms with E-state index in [1.165, 1.54) is 18.3 Å². The highest BCUT2D eigenvalue weighted by Gasteiger charge is 2.38. The van der Waals surface area contributed by atoms with E-state index in [2.05, 4.69) is 4.98 Å². The third kappa shape index (κ3) is 2.59. The SMILES string of the molecule is O=C(Nc1cccnc1Cl)C(F)(F)F. The summed E-state index contributed by atoms with van der Waals surface area (Å²) in [6, 6.07) is 2.58. The number of carbonyl (C=O) groups is 1. The molecule has 1 aromatic heterocycles. The lowest BCUT2D eigenvalue weighted by Gasteiger charge is -2.07. The first-order valence-electron chi connectivity index (χ1n) is 3.40. The Morgan fingerprint density at radius 2 is 2.14 bits per heavy atom. The van der Waals surface area contributed by atoms with Gasteiger partial charge in [0.15, 0.2) is 5.15 Å². The van der Waals surface area contributed by atoms with Gasteiger partial charge in [-0.2, -0.15) is 13.2 Å². The summed E-state index contributed by atoms with van der Waals surface area (Å²) in [6.07, 6.45) is -3.63. The number of hydrogen-bond acceptors (Lipinski definition) is 2. The fourth-order valence-corrected chi connectivity index (χ4v) is 0.839. The van der Waals surface area contributed by atoms with E-state index in [-0.39, 0.29) is 10.8 Å². The lowest BCUT2D eigenvalue weighted by molar-refractivity contribution is -0.167. The van der Waals surface area contributed by atoms with Crippen molar-refractivity contribution < 1.29 is 18.0 Å². The monoisotopic (exact) mass is 224 g/mol. The summed E-state index contributed by atoms with van der Waals surface area (Å²) in [5, 5.41) is 1.40. The van der Waals surface area contributed by atoms with Crippen LogP contribution in [0.3, 0.4) is 0 Å². The van der Waals surface area contributed by atoms with E-state index in [1.54, 1.807) is 5.32 Å². The van der Waals surface area contributed by atoms with Gasteiger partial charge in [-0.1, -0.05) is 11.6 Å². The number of rotatable bonds is 1. The molecule has 0 fully saturated rings. The third-order valence-corrected chi connectivity index (χ3v) is 1.57. The Morgan fingerprint density at radius 1 is 1.50 bits per heavy atom. The first-order valence-corrected chi connectivity index (χ1v) is 3.78. The smallest absolute Gasteiger partial charge is 0.316 e. The minimum Gasteiger partial charge on any atom is -0.316 e.